The number of thioether (sulfide) groups is 1. The van der Waals surface area contributed by atoms with Crippen molar-refractivity contribution in [1.29, 1.82) is 0 Å². The minimum Gasteiger partial charge on any atom is -0.339 e. The van der Waals surface area contributed by atoms with Gasteiger partial charge in [-0.25, -0.2) is 4.39 Å². The fraction of sp³-hybridized carbons (Fsp3) is 0.107. The lowest BCUT2D eigenvalue weighted by molar-refractivity contribution is 0.103. The number of H-pyrrole nitrogens is 1. The van der Waals surface area contributed by atoms with Crippen molar-refractivity contribution < 1.29 is 9.18 Å². The third-order valence-corrected chi connectivity index (χ3v) is 8.13. The van der Waals surface area contributed by atoms with E-state index in [-0.39, 0.29) is 17.0 Å². The SMILES string of the molecule is O=C(c1ccn2c1CSC2c1cccnc1)c1cn(Cc2nn[nH]n2)c2cc(-c3ccc(F)cc3)ccc12. The Morgan fingerprint density at radius 3 is 2.74 bits per heavy atom. The largest absolute Gasteiger partial charge is 0.339 e. The van der Waals surface area contributed by atoms with Gasteiger partial charge >= 0.3 is 0 Å². The number of rotatable bonds is 6. The van der Waals surface area contributed by atoms with E-state index in [0.717, 1.165) is 39.0 Å². The van der Waals surface area contributed by atoms with Crippen LogP contribution in [-0.2, 0) is 12.3 Å². The molecule has 1 unspecified atom stereocenters. The van der Waals surface area contributed by atoms with Crippen LogP contribution in [0, 0.1) is 5.82 Å². The van der Waals surface area contributed by atoms with Gasteiger partial charge in [0.05, 0.1) is 6.54 Å². The predicted molar refractivity (Wildman–Crippen MR) is 142 cm³/mol. The quantitative estimate of drug-likeness (QED) is 0.302. The van der Waals surface area contributed by atoms with Crippen LogP contribution in [-0.4, -0.2) is 40.5 Å². The third kappa shape index (κ3) is 3.81. The second-order valence-electron chi connectivity index (χ2n) is 9.10. The molecule has 8 nitrogen and oxygen atoms in total. The molecule has 38 heavy (non-hydrogen) atoms. The first kappa shape index (κ1) is 22.6. The van der Waals surface area contributed by atoms with Crippen LogP contribution in [0.2, 0.25) is 0 Å². The van der Waals surface area contributed by atoms with Gasteiger partial charge in [-0.05, 0) is 41.5 Å². The van der Waals surface area contributed by atoms with Crippen LogP contribution < -0.4 is 0 Å². The zero-order valence-electron chi connectivity index (χ0n) is 20.0. The molecule has 0 aliphatic carbocycles. The van der Waals surface area contributed by atoms with E-state index in [1.165, 1.54) is 12.1 Å². The van der Waals surface area contributed by atoms with Crippen LogP contribution in [0.5, 0.6) is 0 Å². The summed E-state index contributed by atoms with van der Waals surface area (Å²) in [4.78, 5) is 18.3. The van der Waals surface area contributed by atoms with E-state index < -0.39 is 0 Å². The minimum absolute atomic E-state index is 0.0300. The maximum absolute atomic E-state index is 14.0. The molecule has 1 aliphatic heterocycles. The Morgan fingerprint density at radius 2 is 1.95 bits per heavy atom. The summed E-state index contributed by atoms with van der Waals surface area (Å²) in [5.74, 6) is 0.933. The number of aromatic nitrogens is 7. The van der Waals surface area contributed by atoms with Gasteiger partial charge in [-0.3, -0.25) is 9.78 Å². The zero-order chi connectivity index (χ0) is 25.6. The van der Waals surface area contributed by atoms with Crippen LogP contribution in [0.15, 0.2) is 85.5 Å². The minimum atomic E-state index is -0.285. The molecular formula is C28H20FN7OS. The van der Waals surface area contributed by atoms with Gasteiger partial charge in [0.15, 0.2) is 11.6 Å². The Morgan fingerprint density at radius 1 is 1.08 bits per heavy atom. The highest BCUT2D eigenvalue weighted by Gasteiger charge is 2.30. The van der Waals surface area contributed by atoms with Gasteiger partial charge in [0.25, 0.3) is 0 Å². The molecule has 5 heterocycles. The summed E-state index contributed by atoms with van der Waals surface area (Å²) in [6.45, 7) is 0.347. The molecule has 0 amide bonds. The highest BCUT2D eigenvalue weighted by Crippen LogP contribution is 2.42. The number of aromatic amines is 1. The maximum Gasteiger partial charge on any atom is 0.197 e. The molecule has 0 saturated heterocycles. The Balaban J connectivity index is 1.31. The first-order valence-electron chi connectivity index (χ1n) is 12.0. The van der Waals surface area contributed by atoms with Crippen molar-refractivity contribution in [2.75, 3.05) is 0 Å². The van der Waals surface area contributed by atoms with Crippen molar-refractivity contribution >= 4 is 28.4 Å². The summed E-state index contributed by atoms with van der Waals surface area (Å²) in [5.41, 5.74) is 6.09. The summed E-state index contributed by atoms with van der Waals surface area (Å²) in [5, 5.41) is 15.3. The van der Waals surface area contributed by atoms with Crippen LogP contribution in [0.3, 0.4) is 0 Å². The molecule has 0 fully saturated rings. The first-order valence-corrected chi connectivity index (χ1v) is 13.1. The van der Waals surface area contributed by atoms with Crippen molar-refractivity contribution in [3.05, 3.63) is 119 Å². The lowest BCUT2D eigenvalue weighted by Gasteiger charge is -2.11. The van der Waals surface area contributed by atoms with E-state index in [1.807, 2.05) is 53.5 Å². The predicted octanol–water partition coefficient (Wildman–Crippen LogP) is 5.23. The van der Waals surface area contributed by atoms with E-state index in [9.17, 15) is 9.18 Å². The third-order valence-electron chi connectivity index (χ3n) is 6.87. The molecule has 0 bridgehead atoms. The van der Waals surface area contributed by atoms with Crippen LogP contribution >= 0.6 is 11.8 Å². The topological polar surface area (TPSA) is 94.3 Å². The molecule has 10 heteroatoms. The maximum atomic E-state index is 14.0. The number of benzene rings is 2. The normalized spacial score (nSPS) is 14.7. The highest BCUT2D eigenvalue weighted by atomic mass is 32.2. The van der Waals surface area contributed by atoms with Gasteiger partial charge in [0.2, 0.25) is 0 Å². The van der Waals surface area contributed by atoms with Crippen molar-refractivity contribution in [1.82, 2.24) is 34.7 Å². The Kier molecular flexibility index (Phi) is 5.40. The molecule has 6 aromatic rings. The number of tetrazole rings is 1. The van der Waals surface area contributed by atoms with Gasteiger partial charge in [0.1, 0.15) is 11.2 Å². The van der Waals surface area contributed by atoms with Gasteiger partial charge in [-0.1, -0.05) is 35.5 Å². The summed E-state index contributed by atoms with van der Waals surface area (Å²) < 4.78 is 17.6. The highest BCUT2D eigenvalue weighted by molar-refractivity contribution is 7.99. The molecule has 1 N–H and O–H groups in total. The monoisotopic (exact) mass is 521 g/mol. The number of halogens is 1. The number of ketones is 1. The fourth-order valence-electron chi connectivity index (χ4n) is 5.05. The summed E-state index contributed by atoms with van der Waals surface area (Å²) in [7, 11) is 0. The lowest BCUT2D eigenvalue weighted by Crippen LogP contribution is -2.05. The number of hydrogen-bond donors (Lipinski definition) is 1. The molecule has 7 rings (SSSR count). The van der Waals surface area contributed by atoms with E-state index in [2.05, 4.69) is 36.2 Å². The van der Waals surface area contributed by atoms with Crippen LogP contribution in [0.25, 0.3) is 22.0 Å². The molecule has 0 saturated carbocycles. The molecular weight excluding hydrogens is 501 g/mol. The molecule has 1 atom stereocenters. The van der Waals surface area contributed by atoms with Gasteiger partial charge in [-0.15, -0.1) is 22.0 Å². The number of fused-ring (bicyclic) bond motifs is 2. The van der Waals surface area contributed by atoms with E-state index >= 15 is 0 Å². The Labute approximate surface area is 220 Å². The van der Waals surface area contributed by atoms with Crippen LogP contribution in [0.4, 0.5) is 4.39 Å². The molecule has 2 aromatic carbocycles. The second-order valence-corrected chi connectivity index (χ2v) is 10.2. The van der Waals surface area contributed by atoms with Gasteiger partial charge in [0, 0.05) is 63.8 Å². The fourth-order valence-corrected chi connectivity index (χ4v) is 6.36. The molecule has 0 radical (unpaired) electrons. The van der Waals surface area contributed by atoms with Crippen LogP contribution in [0.1, 0.15) is 38.4 Å². The average Bonchev–Trinajstić information content (AvgIpc) is 3.74. The molecule has 0 spiro atoms. The summed E-state index contributed by atoms with van der Waals surface area (Å²) >= 11 is 1.78. The van der Waals surface area contributed by atoms with Crippen molar-refractivity contribution in [3.63, 3.8) is 0 Å². The molecule has 4 aromatic heterocycles. The Hall–Kier alpha value is -4.57. The number of pyridine rings is 1. The average molecular weight is 522 g/mol. The standard InChI is InChI=1S/C28H20FN7OS/c29-20-6-3-17(4-7-20)18-5-8-21-23(14-35(24(21)12-18)15-26-31-33-34-32-26)27(37)22-9-11-36-25(22)16-38-28(36)19-2-1-10-30-13-19/h1-14,28H,15-16H2,(H,31,32,33,34). The first-order chi connectivity index (χ1) is 18.7. The number of carbonyl (C=O) groups is 1. The lowest BCUT2D eigenvalue weighted by atomic mass is 10.00. The van der Waals surface area contributed by atoms with E-state index in [4.69, 9.17) is 0 Å². The number of hydrogen-bond acceptors (Lipinski definition) is 6. The Bertz CT molecular complexity index is 1780. The zero-order valence-corrected chi connectivity index (χ0v) is 20.8. The van der Waals surface area contributed by atoms with E-state index in [1.54, 1.807) is 30.1 Å². The smallest absolute Gasteiger partial charge is 0.197 e. The van der Waals surface area contributed by atoms with E-state index in [0.29, 0.717) is 23.5 Å². The molecule has 1 aliphatic rings. The number of nitrogens with zero attached hydrogens (tertiary/aromatic N) is 6. The number of nitrogens with one attached hydrogen (secondary N) is 1. The summed E-state index contributed by atoms with van der Waals surface area (Å²) in [6.07, 6.45) is 7.49. The van der Waals surface area contributed by atoms with Crippen molar-refractivity contribution in [2.45, 2.75) is 17.7 Å². The van der Waals surface area contributed by atoms with Gasteiger partial charge in [-0.2, -0.15) is 5.21 Å². The van der Waals surface area contributed by atoms with Gasteiger partial charge < -0.3 is 9.13 Å². The second kappa shape index (κ2) is 9.07. The van der Waals surface area contributed by atoms with Crippen molar-refractivity contribution in [2.24, 2.45) is 0 Å². The van der Waals surface area contributed by atoms with Crippen molar-refractivity contribution in [3.8, 4) is 11.1 Å². The number of carbonyl (C=O) groups excluding carboxylic acids is 1. The molecule has 186 valence electrons. The summed E-state index contributed by atoms with van der Waals surface area (Å²) in [6, 6.07) is 18.2.